The second kappa shape index (κ2) is 6.36. The summed E-state index contributed by atoms with van der Waals surface area (Å²) in [5, 5.41) is 3.81. The average molecular weight is 308 g/mol. The van der Waals surface area contributed by atoms with Gasteiger partial charge in [-0.25, -0.2) is 4.98 Å². The second-order valence-corrected chi connectivity index (χ2v) is 6.39. The fraction of sp³-hybridized carbons (Fsp3) is 0.500. The van der Waals surface area contributed by atoms with Crippen LogP contribution in [0.3, 0.4) is 0 Å². The third-order valence-corrected chi connectivity index (χ3v) is 4.50. The standard InChI is InChI=1S/C14H20N4O2S/c1-8-9(2)21-14-12(8)13(20)16-10(17-14)7-15-6-5-11(19)18(3)4/h15H,5-7H2,1-4H3,(H,16,17,20). The van der Waals surface area contributed by atoms with Gasteiger partial charge in [-0.3, -0.25) is 9.59 Å². The summed E-state index contributed by atoms with van der Waals surface area (Å²) in [5.41, 5.74) is 0.905. The van der Waals surface area contributed by atoms with Gasteiger partial charge in [-0.15, -0.1) is 11.3 Å². The van der Waals surface area contributed by atoms with Crippen LogP contribution in [0.25, 0.3) is 10.2 Å². The maximum Gasteiger partial charge on any atom is 0.259 e. The minimum Gasteiger partial charge on any atom is -0.349 e. The Morgan fingerprint density at radius 2 is 2.10 bits per heavy atom. The SMILES string of the molecule is Cc1sc2nc(CNCCC(=O)N(C)C)[nH]c(=O)c2c1C. The summed E-state index contributed by atoms with van der Waals surface area (Å²) in [6.07, 6.45) is 0.427. The number of carbonyl (C=O) groups excluding carboxylic acids is 1. The molecule has 0 saturated carbocycles. The first-order valence-electron chi connectivity index (χ1n) is 6.80. The van der Waals surface area contributed by atoms with Crippen molar-refractivity contribution in [1.29, 1.82) is 0 Å². The molecule has 0 unspecified atom stereocenters. The molecule has 2 N–H and O–H groups in total. The molecule has 7 heteroatoms. The van der Waals surface area contributed by atoms with Crippen molar-refractivity contribution in [2.75, 3.05) is 20.6 Å². The van der Waals surface area contributed by atoms with E-state index in [1.807, 2.05) is 13.8 Å². The Kier molecular flexibility index (Phi) is 4.74. The number of H-pyrrole nitrogens is 1. The number of carbonyl (C=O) groups is 1. The molecule has 0 aliphatic carbocycles. The molecule has 1 amide bonds. The number of thiophene rings is 1. The number of hydrogen-bond donors (Lipinski definition) is 2. The lowest BCUT2D eigenvalue weighted by Gasteiger charge is -2.10. The summed E-state index contributed by atoms with van der Waals surface area (Å²) in [4.78, 5) is 34.2. The van der Waals surface area contributed by atoms with Crippen LogP contribution in [0.5, 0.6) is 0 Å². The number of hydrogen-bond acceptors (Lipinski definition) is 5. The van der Waals surface area contributed by atoms with Gasteiger partial charge in [0.05, 0.1) is 11.9 Å². The van der Waals surface area contributed by atoms with E-state index in [9.17, 15) is 9.59 Å². The molecular formula is C14H20N4O2S. The molecule has 6 nitrogen and oxygen atoms in total. The van der Waals surface area contributed by atoms with E-state index < -0.39 is 0 Å². The van der Waals surface area contributed by atoms with E-state index in [-0.39, 0.29) is 11.5 Å². The first kappa shape index (κ1) is 15.7. The van der Waals surface area contributed by atoms with E-state index in [0.717, 1.165) is 15.3 Å². The van der Waals surface area contributed by atoms with Crippen molar-refractivity contribution < 1.29 is 4.79 Å². The number of nitrogens with zero attached hydrogens (tertiary/aromatic N) is 2. The first-order valence-corrected chi connectivity index (χ1v) is 7.61. The minimum absolute atomic E-state index is 0.0731. The molecule has 2 heterocycles. The Morgan fingerprint density at radius 1 is 1.38 bits per heavy atom. The highest BCUT2D eigenvalue weighted by Crippen LogP contribution is 2.25. The van der Waals surface area contributed by atoms with Crippen molar-refractivity contribution in [1.82, 2.24) is 20.2 Å². The summed E-state index contributed by atoms with van der Waals surface area (Å²) in [5.74, 6) is 0.676. The summed E-state index contributed by atoms with van der Waals surface area (Å²) in [6.45, 7) is 4.94. The normalized spacial score (nSPS) is 11.0. The molecular weight excluding hydrogens is 288 g/mol. The molecule has 2 rings (SSSR count). The number of aromatic nitrogens is 2. The molecule has 2 aromatic rings. The van der Waals surface area contributed by atoms with Gasteiger partial charge in [0.2, 0.25) is 5.91 Å². The van der Waals surface area contributed by atoms with Gasteiger partial charge in [0.1, 0.15) is 10.7 Å². The zero-order chi connectivity index (χ0) is 15.6. The highest BCUT2D eigenvalue weighted by Gasteiger charge is 2.11. The lowest BCUT2D eigenvalue weighted by atomic mass is 10.2. The maximum atomic E-state index is 12.1. The molecule has 0 spiro atoms. The Morgan fingerprint density at radius 3 is 2.76 bits per heavy atom. The van der Waals surface area contributed by atoms with E-state index in [1.54, 1.807) is 19.0 Å². The molecule has 2 aromatic heterocycles. The molecule has 0 radical (unpaired) electrons. The molecule has 21 heavy (non-hydrogen) atoms. The lowest BCUT2D eigenvalue weighted by molar-refractivity contribution is -0.128. The van der Waals surface area contributed by atoms with E-state index in [4.69, 9.17) is 0 Å². The number of nitrogens with one attached hydrogen (secondary N) is 2. The fourth-order valence-electron chi connectivity index (χ4n) is 2.01. The lowest BCUT2D eigenvalue weighted by Crippen LogP contribution is -2.27. The van der Waals surface area contributed by atoms with Crippen molar-refractivity contribution in [2.45, 2.75) is 26.8 Å². The number of amides is 1. The molecule has 0 atom stereocenters. The smallest absolute Gasteiger partial charge is 0.259 e. The first-order chi connectivity index (χ1) is 9.90. The predicted molar refractivity (Wildman–Crippen MR) is 84.7 cm³/mol. The van der Waals surface area contributed by atoms with Crippen LogP contribution in [0.2, 0.25) is 0 Å². The van der Waals surface area contributed by atoms with Gasteiger partial charge in [-0.05, 0) is 19.4 Å². The van der Waals surface area contributed by atoms with Crippen molar-refractivity contribution in [2.24, 2.45) is 0 Å². The van der Waals surface area contributed by atoms with Gasteiger partial charge in [0.15, 0.2) is 0 Å². The largest absolute Gasteiger partial charge is 0.349 e. The van der Waals surface area contributed by atoms with Crippen molar-refractivity contribution in [3.8, 4) is 0 Å². The number of aryl methyl sites for hydroxylation is 2. The van der Waals surface area contributed by atoms with Crippen molar-refractivity contribution >= 4 is 27.5 Å². The van der Waals surface area contributed by atoms with Crippen LogP contribution >= 0.6 is 11.3 Å². The fourth-order valence-corrected chi connectivity index (χ4v) is 3.06. The molecule has 0 aromatic carbocycles. The van der Waals surface area contributed by atoms with Gasteiger partial charge in [-0.1, -0.05) is 0 Å². The highest BCUT2D eigenvalue weighted by molar-refractivity contribution is 7.18. The molecule has 0 fully saturated rings. The van der Waals surface area contributed by atoms with Crippen LogP contribution in [0.4, 0.5) is 0 Å². The molecule has 0 aliphatic rings. The van der Waals surface area contributed by atoms with Crippen LogP contribution in [0.1, 0.15) is 22.7 Å². The third kappa shape index (κ3) is 3.48. The van der Waals surface area contributed by atoms with E-state index >= 15 is 0 Å². The van der Waals surface area contributed by atoms with Gasteiger partial charge >= 0.3 is 0 Å². The Labute approximate surface area is 127 Å². The average Bonchev–Trinajstić information content (AvgIpc) is 2.70. The summed E-state index contributed by atoms with van der Waals surface area (Å²) in [6, 6.07) is 0. The van der Waals surface area contributed by atoms with Gasteiger partial charge < -0.3 is 15.2 Å². The van der Waals surface area contributed by atoms with Gasteiger partial charge in [0.25, 0.3) is 5.56 Å². The quantitative estimate of drug-likeness (QED) is 0.813. The Hall–Kier alpha value is -1.73. The topological polar surface area (TPSA) is 78.1 Å². The molecule has 114 valence electrons. The number of aromatic amines is 1. The van der Waals surface area contributed by atoms with Gasteiger partial charge in [-0.2, -0.15) is 0 Å². The third-order valence-electron chi connectivity index (χ3n) is 3.40. The summed E-state index contributed by atoms with van der Waals surface area (Å²) < 4.78 is 0. The maximum absolute atomic E-state index is 12.1. The number of rotatable bonds is 5. The van der Waals surface area contributed by atoms with Crippen LogP contribution in [-0.2, 0) is 11.3 Å². The van der Waals surface area contributed by atoms with E-state index in [1.165, 1.54) is 11.3 Å². The summed E-state index contributed by atoms with van der Waals surface area (Å²) in [7, 11) is 3.47. The molecule has 0 saturated heterocycles. The monoisotopic (exact) mass is 308 g/mol. The Bertz CT molecular complexity index is 718. The number of fused-ring (bicyclic) bond motifs is 1. The van der Waals surface area contributed by atoms with E-state index in [2.05, 4.69) is 15.3 Å². The van der Waals surface area contributed by atoms with Crippen LogP contribution < -0.4 is 10.9 Å². The Balaban J connectivity index is 2.03. The second-order valence-electron chi connectivity index (χ2n) is 5.19. The van der Waals surface area contributed by atoms with Crippen molar-refractivity contribution in [3.63, 3.8) is 0 Å². The predicted octanol–water partition coefficient (Wildman–Crippen LogP) is 1.17. The minimum atomic E-state index is -0.0944. The summed E-state index contributed by atoms with van der Waals surface area (Å²) >= 11 is 1.54. The zero-order valence-corrected chi connectivity index (χ0v) is 13.6. The zero-order valence-electron chi connectivity index (χ0n) is 12.7. The van der Waals surface area contributed by atoms with Crippen molar-refractivity contribution in [3.05, 3.63) is 26.6 Å². The van der Waals surface area contributed by atoms with E-state index in [0.29, 0.717) is 30.7 Å². The van der Waals surface area contributed by atoms with Crippen LogP contribution in [0, 0.1) is 13.8 Å². The van der Waals surface area contributed by atoms with Gasteiger partial charge in [0, 0.05) is 31.9 Å². The van der Waals surface area contributed by atoms with Crippen LogP contribution in [-0.4, -0.2) is 41.4 Å². The van der Waals surface area contributed by atoms with Crippen LogP contribution in [0.15, 0.2) is 4.79 Å². The molecule has 0 aliphatic heterocycles. The molecule has 0 bridgehead atoms. The highest BCUT2D eigenvalue weighted by atomic mass is 32.1.